The highest BCUT2D eigenvalue weighted by atomic mass is 32.2. The maximum Gasteiger partial charge on any atom is 0.296 e. The van der Waals surface area contributed by atoms with Crippen molar-refractivity contribution < 1.29 is 81.2 Å². The molecule has 1 unspecified atom stereocenters. The summed E-state index contributed by atoms with van der Waals surface area (Å²) in [5.41, 5.74) is 2.94. The van der Waals surface area contributed by atoms with Crippen molar-refractivity contribution in [3.8, 4) is 5.75 Å². The molecule has 1 heterocycles. The van der Waals surface area contributed by atoms with Gasteiger partial charge in [-0.3, -0.25) is 12.5 Å². The summed E-state index contributed by atoms with van der Waals surface area (Å²) in [4.78, 5) is 3.92. The molecule has 2 N–H and O–H groups in total. The van der Waals surface area contributed by atoms with Gasteiger partial charge in [0.25, 0.3) is 30.4 Å². The van der Waals surface area contributed by atoms with Crippen LogP contribution in [-0.4, -0.2) is 188 Å². The van der Waals surface area contributed by atoms with Crippen LogP contribution in [0.1, 0.15) is 64.5 Å². The van der Waals surface area contributed by atoms with E-state index in [1.807, 2.05) is 53.2 Å². The Kier molecular flexibility index (Phi) is 28.8. The first kappa shape index (κ1) is 64.8. The number of nitrogens with zero attached hydrogens (tertiary/aromatic N) is 2. The van der Waals surface area contributed by atoms with Crippen molar-refractivity contribution in [1.29, 1.82) is 0 Å². The molecule has 2 aromatic carbocycles. The molecule has 422 valence electrons. The minimum Gasteiger partial charge on any atom is -0.507 e. The first-order chi connectivity index (χ1) is 35.2. The number of aromatic hydroxyl groups is 1. The third-order valence-electron chi connectivity index (χ3n) is 11.9. The molecule has 0 bridgehead atoms. The lowest BCUT2D eigenvalue weighted by Gasteiger charge is -2.30. The Labute approximate surface area is 440 Å². The number of phenols is 1. The largest absolute Gasteiger partial charge is 0.507 e. The Balaban J connectivity index is 2.03. The molecule has 0 aliphatic carbocycles. The average Bonchev–Trinajstić information content (AvgIpc) is 3.59. The van der Waals surface area contributed by atoms with E-state index < -0.39 is 35.8 Å². The first-order valence-corrected chi connectivity index (χ1v) is 29.3. The van der Waals surface area contributed by atoms with Gasteiger partial charge in [0.1, 0.15) is 5.75 Å². The number of hydrogen-bond donors (Lipinski definition) is 2. The van der Waals surface area contributed by atoms with Crippen molar-refractivity contribution in [1.82, 2.24) is 0 Å². The van der Waals surface area contributed by atoms with Gasteiger partial charge in [0.15, 0.2) is 0 Å². The van der Waals surface area contributed by atoms with Gasteiger partial charge in [0, 0.05) is 60.9 Å². The monoisotopic (exact) mass is 1110 g/mol. The fourth-order valence-corrected chi connectivity index (χ4v) is 9.87. The number of ether oxygens (including phenoxy) is 7. The normalized spacial score (nSPS) is 16.3. The lowest BCUT2D eigenvalue weighted by atomic mass is 9.77. The summed E-state index contributed by atoms with van der Waals surface area (Å²) in [6, 6.07) is 10.1. The van der Waals surface area contributed by atoms with E-state index in [9.17, 15) is 30.4 Å². The van der Waals surface area contributed by atoms with Crippen LogP contribution in [0.4, 0.5) is 11.4 Å². The van der Waals surface area contributed by atoms with Crippen LogP contribution in [0, 0.1) is 5.41 Å². The third-order valence-corrected chi connectivity index (χ3v) is 15.7. The lowest BCUT2D eigenvalue weighted by molar-refractivity contribution is 0.00455. The number of aliphatic hydroxyl groups is 1. The SMILES string of the molecule is COCCOCCOCCOCCN(CCCS(=O)(=O)OC)c1ccc(C(=C\CC(C)(C)C)/C=C/C=C2\N(CCOCCOCCOCCO)c3ccc(S(=O)(=O)OC)cc3C2(C)CCCS(=O)(=O)OC)c(O)c1. The van der Waals surface area contributed by atoms with Gasteiger partial charge in [0.05, 0.1) is 130 Å². The topological polar surface area (TPSA) is 242 Å². The van der Waals surface area contributed by atoms with Crippen molar-refractivity contribution in [2.24, 2.45) is 5.41 Å². The molecule has 0 fully saturated rings. The van der Waals surface area contributed by atoms with Crippen LogP contribution in [0.2, 0.25) is 0 Å². The molecular weight excluding hydrogens is 1020 g/mol. The molecule has 0 saturated heterocycles. The zero-order valence-corrected chi connectivity index (χ0v) is 47.0. The quantitative estimate of drug-likeness (QED) is 0.0480. The summed E-state index contributed by atoms with van der Waals surface area (Å²) >= 11 is 0. The highest BCUT2D eigenvalue weighted by molar-refractivity contribution is 7.87. The number of benzene rings is 2. The molecule has 1 aliphatic rings. The number of aliphatic hydroxyl groups excluding tert-OH is 1. The van der Waals surface area contributed by atoms with E-state index in [1.54, 1.807) is 25.3 Å². The fraction of sp³-hybridized carbons (Fsp3) is 0.647. The molecule has 1 atom stereocenters. The van der Waals surface area contributed by atoms with Crippen molar-refractivity contribution in [2.75, 3.05) is 162 Å². The van der Waals surface area contributed by atoms with E-state index in [4.69, 9.17) is 46.6 Å². The minimum atomic E-state index is -4.11. The maximum absolute atomic E-state index is 13.1. The number of allylic oxidation sites excluding steroid dienone is 6. The van der Waals surface area contributed by atoms with Crippen LogP contribution in [0.15, 0.2) is 71.3 Å². The summed E-state index contributed by atoms with van der Waals surface area (Å²) in [5, 5.41) is 20.7. The van der Waals surface area contributed by atoms with E-state index >= 15 is 0 Å². The number of fused-ring (bicyclic) bond motifs is 1. The highest BCUT2D eigenvalue weighted by Gasteiger charge is 2.44. The van der Waals surface area contributed by atoms with Crippen LogP contribution in [0.25, 0.3) is 5.57 Å². The van der Waals surface area contributed by atoms with Crippen LogP contribution >= 0.6 is 0 Å². The average molecular weight is 1110 g/mol. The standard InChI is InChI=1S/C51H82N2O18S3/c1-50(2,3)20-18-42(45-16-14-43(40-48(45)55)52(21-11-39-73(58,59)64-7)22-25-66-30-33-71-37-36-69-29-28-62-5)12-9-13-49-51(4,19-10-38-72(56,57)63-6)46-41-44(74(60,61)65-8)15-17-47(46)53(49)23-26-67-31-34-70-35-32-68-27-24-54/h9,12-18,40-41,54-55H,10-11,19-39H2,1-8H3/b12-9+,42-18-,49-13-. The second kappa shape index (κ2) is 32.9. The molecule has 20 nitrogen and oxygen atoms in total. The molecule has 0 aromatic heterocycles. The number of anilines is 2. The lowest BCUT2D eigenvalue weighted by Crippen LogP contribution is -2.31. The molecule has 0 amide bonds. The summed E-state index contributed by atoms with van der Waals surface area (Å²) in [7, 11) is -6.70. The van der Waals surface area contributed by atoms with Gasteiger partial charge in [-0.25, -0.2) is 0 Å². The minimum absolute atomic E-state index is 0.0127. The zero-order valence-electron chi connectivity index (χ0n) is 44.6. The Hall–Kier alpha value is -3.53. The smallest absolute Gasteiger partial charge is 0.296 e. The Bertz CT molecular complexity index is 2410. The molecule has 2 aromatic rings. The van der Waals surface area contributed by atoms with Crippen LogP contribution < -0.4 is 9.80 Å². The maximum atomic E-state index is 13.1. The molecule has 1 aliphatic heterocycles. The summed E-state index contributed by atoms with van der Waals surface area (Å²) in [6.45, 7) is 13.8. The summed E-state index contributed by atoms with van der Waals surface area (Å²) in [6.07, 6.45) is 9.08. The van der Waals surface area contributed by atoms with E-state index in [2.05, 4.69) is 25.0 Å². The number of methoxy groups -OCH3 is 1. The summed E-state index contributed by atoms with van der Waals surface area (Å²) < 4.78 is 129. The van der Waals surface area contributed by atoms with Gasteiger partial charge in [-0.05, 0) is 85.6 Å². The number of hydrogen-bond acceptors (Lipinski definition) is 20. The Morgan fingerprint density at radius 2 is 1.26 bits per heavy atom. The third kappa shape index (κ3) is 22.6. The number of phenolic OH excluding ortho intramolecular Hbond substituents is 1. The van der Waals surface area contributed by atoms with Gasteiger partial charge in [0.2, 0.25) is 0 Å². The highest BCUT2D eigenvalue weighted by Crippen LogP contribution is 2.51. The predicted octanol–water partition coefficient (Wildman–Crippen LogP) is 5.43. The van der Waals surface area contributed by atoms with E-state index in [1.165, 1.54) is 6.07 Å². The van der Waals surface area contributed by atoms with E-state index in [-0.39, 0.29) is 73.3 Å². The second-order valence-corrected chi connectivity index (χ2v) is 23.9. The second-order valence-electron chi connectivity index (χ2n) is 18.5. The molecule has 0 radical (unpaired) electrons. The van der Waals surface area contributed by atoms with Crippen LogP contribution in [-0.2, 0) is 81.5 Å². The number of rotatable bonds is 40. The molecule has 74 heavy (non-hydrogen) atoms. The molecular formula is C51H82N2O18S3. The van der Waals surface area contributed by atoms with Gasteiger partial charge in [-0.15, -0.1) is 0 Å². The van der Waals surface area contributed by atoms with Crippen molar-refractivity contribution in [2.45, 2.75) is 63.7 Å². The summed E-state index contributed by atoms with van der Waals surface area (Å²) in [5.74, 6) is -0.478. The van der Waals surface area contributed by atoms with Crippen LogP contribution in [0.5, 0.6) is 5.75 Å². The Morgan fingerprint density at radius 1 is 0.689 bits per heavy atom. The van der Waals surface area contributed by atoms with Crippen LogP contribution in [0.3, 0.4) is 0 Å². The molecule has 3 rings (SSSR count). The molecule has 23 heteroatoms. The van der Waals surface area contributed by atoms with Crippen molar-refractivity contribution in [3.05, 3.63) is 77.5 Å². The van der Waals surface area contributed by atoms with E-state index in [0.29, 0.717) is 120 Å². The van der Waals surface area contributed by atoms with E-state index in [0.717, 1.165) is 27.0 Å². The zero-order chi connectivity index (χ0) is 54.7. The molecule has 0 spiro atoms. The van der Waals surface area contributed by atoms with Gasteiger partial charge < -0.3 is 53.2 Å². The van der Waals surface area contributed by atoms with Gasteiger partial charge in [-0.1, -0.05) is 39.0 Å². The molecule has 0 saturated carbocycles. The van der Waals surface area contributed by atoms with Gasteiger partial charge >= 0.3 is 0 Å². The Morgan fingerprint density at radius 3 is 1.81 bits per heavy atom. The first-order valence-electron chi connectivity index (χ1n) is 24.7. The van der Waals surface area contributed by atoms with Crippen molar-refractivity contribution in [3.63, 3.8) is 0 Å². The predicted molar refractivity (Wildman–Crippen MR) is 284 cm³/mol. The fourth-order valence-electron chi connectivity index (χ4n) is 7.87. The van der Waals surface area contributed by atoms with Gasteiger partial charge in [-0.2, -0.15) is 25.3 Å². The van der Waals surface area contributed by atoms with Crippen molar-refractivity contribution >= 4 is 47.3 Å².